The largest absolute Gasteiger partial charge is 0.462 e. The van der Waals surface area contributed by atoms with Crippen LogP contribution in [0.4, 0.5) is 0 Å². The molecule has 348 valence electrons. The molecule has 60 heavy (non-hydrogen) atoms. The summed E-state index contributed by atoms with van der Waals surface area (Å²) in [6, 6.07) is 0. The third-order valence-electron chi connectivity index (χ3n) is 11.0. The molecule has 0 radical (unpaired) electrons. The number of hydrogen-bond acceptors (Lipinski definition) is 5. The van der Waals surface area contributed by atoms with Crippen LogP contribution < -0.4 is 0 Å². The molecule has 0 fully saturated rings. The molecule has 0 bridgehead atoms. The van der Waals surface area contributed by atoms with Crippen molar-refractivity contribution in [1.29, 1.82) is 0 Å². The van der Waals surface area contributed by atoms with Crippen molar-refractivity contribution in [3.05, 3.63) is 60.8 Å². The summed E-state index contributed by atoms with van der Waals surface area (Å²) in [4.78, 5) is 25.3. The van der Waals surface area contributed by atoms with Crippen molar-refractivity contribution in [1.82, 2.24) is 0 Å². The standard InChI is InChI=1S/C55H98O5/c1-4-7-10-13-16-19-22-24-25-26-27-28-29-30-32-35-38-41-44-47-50-58-51-53(60-55(57)49-46-43-40-37-33-21-18-15-12-9-6-3)52-59-54(56)48-45-42-39-36-34-31-23-20-17-14-11-8-5-2/h7,10,15-16,18-19,24-25,27-28,53H,4-6,8-9,11-14,17,20-23,26,29-52H2,1-3H3/b10-7-,18-15-,19-16-,25-24-,28-27-. The highest BCUT2D eigenvalue weighted by atomic mass is 16.6. The maximum Gasteiger partial charge on any atom is 0.306 e. The molecule has 0 aromatic rings. The van der Waals surface area contributed by atoms with Crippen LogP contribution in [0, 0.1) is 0 Å². The van der Waals surface area contributed by atoms with Crippen molar-refractivity contribution < 1.29 is 23.8 Å². The topological polar surface area (TPSA) is 61.8 Å². The van der Waals surface area contributed by atoms with Gasteiger partial charge in [0.1, 0.15) is 6.61 Å². The van der Waals surface area contributed by atoms with Gasteiger partial charge in [-0.3, -0.25) is 9.59 Å². The minimum absolute atomic E-state index is 0.0791. The molecular weight excluding hydrogens is 741 g/mol. The summed E-state index contributed by atoms with van der Waals surface area (Å²) in [5.74, 6) is -0.408. The van der Waals surface area contributed by atoms with Crippen LogP contribution in [0.3, 0.4) is 0 Å². The number of ether oxygens (including phenoxy) is 3. The Morgan fingerprint density at radius 1 is 0.383 bits per heavy atom. The first kappa shape index (κ1) is 57.6. The van der Waals surface area contributed by atoms with E-state index in [1.54, 1.807) is 0 Å². The zero-order valence-corrected chi connectivity index (χ0v) is 40.0. The third kappa shape index (κ3) is 48.3. The van der Waals surface area contributed by atoms with Crippen LogP contribution in [0.15, 0.2) is 60.8 Å². The lowest BCUT2D eigenvalue weighted by atomic mass is 10.0. The maximum atomic E-state index is 12.8. The summed E-state index contributed by atoms with van der Waals surface area (Å²) in [5, 5.41) is 0. The van der Waals surface area contributed by atoms with E-state index in [1.807, 2.05) is 0 Å². The van der Waals surface area contributed by atoms with Gasteiger partial charge in [0.2, 0.25) is 0 Å². The molecule has 1 atom stereocenters. The number of hydrogen-bond donors (Lipinski definition) is 0. The molecule has 1 unspecified atom stereocenters. The van der Waals surface area contributed by atoms with Crippen LogP contribution in [-0.4, -0.2) is 37.9 Å². The molecule has 5 heteroatoms. The lowest BCUT2D eigenvalue weighted by molar-refractivity contribution is -0.163. The highest BCUT2D eigenvalue weighted by molar-refractivity contribution is 5.70. The molecule has 0 aliphatic rings. The van der Waals surface area contributed by atoms with E-state index in [-0.39, 0.29) is 25.2 Å². The molecule has 5 nitrogen and oxygen atoms in total. The Labute approximate surface area is 373 Å². The van der Waals surface area contributed by atoms with E-state index in [4.69, 9.17) is 14.2 Å². The Morgan fingerprint density at radius 2 is 0.767 bits per heavy atom. The van der Waals surface area contributed by atoms with E-state index in [1.165, 1.54) is 141 Å². The molecular formula is C55H98O5. The summed E-state index contributed by atoms with van der Waals surface area (Å²) in [6.45, 7) is 7.67. The zero-order valence-electron chi connectivity index (χ0n) is 40.0. The van der Waals surface area contributed by atoms with Gasteiger partial charge in [-0.25, -0.2) is 0 Å². The molecule has 0 aromatic heterocycles. The quantitative estimate of drug-likeness (QED) is 0.0347. The fourth-order valence-corrected chi connectivity index (χ4v) is 7.19. The van der Waals surface area contributed by atoms with Crippen LogP contribution in [0.1, 0.15) is 252 Å². The first-order chi connectivity index (χ1) is 29.6. The second kappa shape index (κ2) is 51.0. The van der Waals surface area contributed by atoms with Crippen molar-refractivity contribution in [2.75, 3.05) is 19.8 Å². The van der Waals surface area contributed by atoms with Crippen molar-refractivity contribution >= 4 is 11.9 Å². The number of carbonyl (C=O) groups is 2. The molecule has 0 saturated heterocycles. The average Bonchev–Trinajstić information content (AvgIpc) is 3.25. The van der Waals surface area contributed by atoms with Gasteiger partial charge in [0.15, 0.2) is 6.10 Å². The van der Waals surface area contributed by atoms with Crippen LogP contribution in [0.2, 0.25) is 0 Å². The summed E-state index contributed by atoms with van der Waals surface area (Å²) in [7, 11) is 0. The van der Waals surface area contributed by atoms with E-state index in [9.17, 15) is 9.59 Å². The van der Waals surface area contributed by atoms with Gasteiger partial charge in [0.05, 0.1) is 6.61 Å². The van der Waals surface area contributed by atoms with E-state index in [0.29, 0.717) is 19.4 Å². The molecule has 0 rings (SSSR count). The van der Waals surface area contributed by atoms with Crippen molar-refractivity contribution in [3.63, 3.8) is 0 Å². The number of unbranched alkanes of at least 4 members (excludes halogenated alkanes) is 26. The summed E-state index contributed by atoms with van der Waals surface area (Å²) >= 11 is 0. The fraction of sp³-hybridized carbons (Fsp3) is 0.782. The number of carbonyl (C=O) groups excluding carboxylic acids is 2. The van der Waals surface area contributed by atoms with Gasteiger partial charge in [0.25, 0.3) is 0 Å². The van der Waals surface area contributed by atoms with Crippen molar-refractivity contribution in [2.24, 2.45) is 0 Å². The highest BCUT2D eigenvalue weighted by Crippen LogP contribution is 2.15. The zero-order chi connectivity index (χ0) is 43.5. The lowest BCUT2D eigenvalue weighted by Gasteiger charge is -2.18. The summed E-state index contributed by atoms with van der Waals surface area (Å²) in [5.41, 5.74) is 0. The lowest BCUT2D eigenvalue weighted by Crippen LogP contribution is -2.30. The molecule has 0 saturated carbocycles. The minimum Gasteiger partial charge on any atom is -0.462 e. The summed E-state index contributed by atoms with van der Waals surface area (Å²) in [6.07, 6.45) is 63.7. The smallest absolute Gasteiger partial charge is 0.306 e. The number of allylic oxidation sites excluding steroid dienone is 10. The number of esters is 2. The van der Waals surface area contributed by atoms with Gasteiger partial charge >= 0.3 is 11.9 Å². The van der Waals surface area contributed by atoms with E-state index < -0.39 is 6.10 Å². The molecule has 0 amide bonds. The molecule has 0 heterocycles. The van der Waals surface area contributed by atoms with E-state index in [2.05, 4.69) is 81.5 Å². The highest BCUT2D eigenvalue weighted by Gasteiger charge is 2.17. The molecule has 0 aromatic carbocycles. The van der Waals surface area contributed by atoms with Gasteiger partial charge in [-0.05, 0) is 77.0 Å². The van der Waals surface area contributed by atoms with Crippen LogP contribution in [0.25, 0.3) is 0 Å². The molecule has 0 aliphatic carbocycles. The second-order valence-corrected chi connectivity index (χ2v) is 17.0. The monoisotopic (exact) mass is 839 g/mol. The third-order valence-corrected chi connectivity index (χ3v) is 11.0. The first-order valence-corrected chi connectivity index (χ1v) is 25.8. The van der Waals surface area contributed by atoms with Gasteiger partial charge in [-0.1, -0.05) is 223 Å². The minimum atomic E-state index is -0.544. The Balaban J connectivity index is 4.23. The van der Waals surface area contributed by atoms with Crippen molar-refractivity contribution in [3.8, 4) is 0 Å². The first-order valence-electron chi connectivity index (χ1n) is 25.8. The average molecular weight is 839 g/mol. The molecule has 0 spiro atoms. The second-order valence-electron chi connectivity index (χ2n) is 17.0. The van der Waals surface area contributed by atoms with Gasteiger partial charge in [-0.2, -0.15) is 0 Å². The fourth-order valence-electron chi connectivity index (χ4n) is 7.19. The Hall–Kier alpha value is -2.40. The Bertz CT molecular complexity index is 1040. The van der Waals surface area contributed by atoms with Crippen LogP contribution >= 0.6 is 0 Å². The predicted molar refractivity (Wildman–Crippen MR) is 261 cm³/mol. The summed E-state index contributed by atoms with van der Waals surface area (Å²) < 4.78 is 17.4. The van der Waals surface area contributed by atoms with Gasteiger partial charge in [-0.15, -0.1) is 0 Å². The van der Waals surface area contributed by atoms with Gasteiger partial charge in [0, 0.05) is 19.4 Å². The normalized spacial score (nSPS) is 12.7. The van der Waals surface area contributed by atoms with E-state index >= 15 is 0 Å². The molecule has 0 N–H and O–H groups in total. The van der Waals surface area contributed by atoms with Crippen molar-refractivity contribution in [2.45, 2.75) is 258 Å². The predicted octanol–water partition coefficient (Wildman–Crippen LogP) is 17.3. The molecule has 0 aliphatic heterocycles. The van der Waals surface area contributed by atoms with E-state index in [0.717, 1.165) is 77.0 Å². The van der Waals surface area contributed by atoms with Crippen LogP contribution in [0.5, 0.6) is 0 Å². The SMILES string of the molecule is CC/C=C\C/C=C\C/C=C\C/C=C\CCCCCCCCCOCC(COC(=O)CCCCCCCCCCCCCCC)OC(=O)CCCCCCC/C=C\CCCC. The maximum absolute atomic E-state index is 12.8. The number of rotatable bonds is 47. The van der Waals surface area contributed by atoms with Gasteiger partial charge < -0.3 is 14.2 Å². The van der Waals surface area contributed by atoms with Crippen LogP contribution in [-0.2, 0) is 23.8 Å². The Morgan fingerprint density at radius 3 is 1.27 bits per heavy atom. The Kier molecular flexibility index (Phi) is 48.9.